The molecule has 1 saturated carbocycles. The van der Waals surface area contributed by atoms with Crippen molar-refractivity contribution >= 4 is 5.96 Å². The molecule has 5 nitrogen and oxygen atoms in total. The average Bonchev–Trinajstić information content (AvgIpc) is 3.32. The number of likely N-dealkylation sites (N-methyl/N-ethyl adjacent to an activating group) is 1. The lowest BCUT2D eigenvalue weighted by atomic mass is 10.0. The van der Waals surface area contributed by atoms with Crippen LogP contribution in [0.3, 0.4) is 0 Å². The van der Waals surface area contributed by atoms with Gasteiger partial charge in [-0.1, -0.05) is 13.8 Å². The number of nitrogens with zero attached hydrogens (tertiary/aromatic N) is 2. The van der Waals surface area contributed by atoms with E-state index >= 15 is 0 Å². The lowest BCUT2D eigenvalue weighted by Gasteiger charge is -2.26. The van der Waals surface area contributed by atoms with Gasteiger partial charge >= 0.3 is 0 Å². The zero-order valence-corrected chi connectivity index (χ0v) is 15.4. The molecule has 5 heteroatoms. The quantitative estimate of drug-likeness (QED) is 0.479. The van der Waals surface area contributed by atoms with Gasteiger partial charge in [0.25, 0.3) is 0 Å². The number of ether oxygens (including phenoxy) is 1. The summed E-state index contributed by atoms with van der Waals surface area (Å²) in [6, 6.07) is 1.32. The monoisotopic (exact) mass is 312 g/mol. The molecule has 0 aromatic heterocycles. The molecule has 22 heavy (non-hydrogen) atoms. The second kappa shape index (κ2) is 10.1. The van der Waals surface area contributed by atoms with Gasteiger partial charge in [0.05, 0.1) is 6.10 Å². The molecule has 0 heterocycles. The van der Waals surface area contributed by atoms with E-state index < -0.39 is 0 Å². The van der Waals surface area contributed by atoms with Crippen LogP contribution < -0.4 is 10.6 Å². The minimum absolute atomic E-state index is 0.315. The number of nitrogens with one attached hydrogen (secondary N) is 2. The Morgan fingerprint density at radius 3 is 2.45 bits per heavy atom. The van der Waals surface area contributed by atoms with Gasteiger partial charge in [-0.15, -0.1) is 0 Å². The Kier molecular flexibility index (Phi) is 8.79. The summed E-state index contributed by atoms with van der Waals surface area (Å²) in [6.45, 7) is 11.3. The van der Waals surface area contributed by atoms with Gasteiger partial charge in [-0.25, -0.2) is 0 Å². The van der Waals surface area contributed by atoms with E-state index in [0.29, 0.717) is 18.1 Å². The van der Waals surface area contributed by atoms with Gasteiger partial charge in [-0.3, -0.25) is 9.89 Å². The van der Waals surface area contributed by atoms with Crippen LogP contribution in [0.4, 0.5) is 0 Å². The van der Waals surface area contributed by atoms with E-state index in [1.54, 1.807) is 0 Å². The van der Waals surface area contributed by atoms with Crippen molar-refractivity contribution in [2.75, 3.05) is 33.8 Å². The van der Waals surface area contributed by atoms with Gasteiger partial charge in [-0.2, -0.15) is 0 Å². The fourth-order valence-corrected chi connectivity index (χ4v) is 2.61. The van der Waals surface area contributed by atoms with Gasteiger partial charge in [0.1, 0.15) is 0 Å². The molecule has 0 amide bonds. The molecular formula is C17H36N4O. The van der Waals surface area contributed by atoms with E-state index in [1.165, 1.54) is 12.8 Å². The molecule has 130 valence electrons. The fraction of sp³-hybridized carbons (Fsp3) is 0.941. The Bertz CT molecular complexity index is 329. The van der Waals surface area contributed by atoms with Crippen molar-refractivity contribution in [3.05, 3.63) is 0 Å². The zero-order chi connectivity index (χ0) is 16.5. The largest absolute Gasteiger partial charge is 0.378 e. The zero-order valence-electron chi connectivity index (χ0n) is 15.4. The van der Waals surface area contributed by atoms with Crippen molar-refractivity contribution in [1.82, 2.24) is 15.5 Å². The summed E-state index contributed by atoms with van der Waals surface area (Å²) in [5.74, 6) is 1.43. The van der Waals surface area contributed by atoms with Crippen LogP contribution in [0.25, 0.3) is 0 Å². The van der Waals surface area contributed by atoms with E-state index in [-0.39, 0.29) is 0 Å². The molecule has 2 atom stereocenters. The van der Waals surface area contributed by atoms with Crippen molar-refractivity contribution in [3.63, 3.8) is 0 Å². The van der Waals surface area contributed by atoms with Crippen molar-refractivity contribution in [1.29, 1.82) is 0 Å². The Morgan fingerprint density at radius 2 is 1.95 bits per heavy atom. The SMILES string of the molecule is CCOC(CCNC(=NC)NCC(C)N(C)C1CC1)C(C)C. The highest BCUT2D eigenvalue weighted by atomic mass is 16.5. The third-order valence-corrected chi connectivity index (χ3v) is 4.45. The molecule has 0 spiro atoms. The first-order chi connectivity index (χ1) is 10.5. The number of hydrogen-bond acceptors (Lipinski definition) is 3. The molecule has 0 bridgehead atoms. The lowest BCUT2D eigenvalue weighted by molar-refractivity contribution is 0.0258. The topological polar surface area (TPSA) is 48.9 Å². The van der Waals surface area contributed by atoms with Gasteiger partial charge in [0, 0.05) is 38.8 Å². The van der Waals surface area contributed by atoms with Crippen LogP contribution in [0, 0.1) is 5.92 Å². The van der Waals surface area contributed by atoms with Gasteiger partial charge < -0.3 is 15.4 Å². The first-order valence-corrected chi connectivity index (χ1v) is 8.77. The molecule has 1 rings (SSSR count). The number of hydrogen-bond donors (Lipinski definition) is 2. The summed E-state index contributed by atoms with van der Waals surface area (Å²) in [5.41, 5.74) is 0. The molecule has 0 aliphatic heterocycles. The summed E-state index contributed by atoms with van der Waals surface area (Å²) >= 11 is 0. The van der Waals surface area contributed by atoms with E-state index in [4.69, 9.17) is 4.74 Å². The third-order valence-electron chi connectivity index (χ3n) is 4.45. The third kappa shape index (κ3) is 6.97. The molecule has 0 saturated heterocycles. The Labute approximate surface area is 136 Å². The number of rotatable bonds is 10. The minimum Gasteiger partial charge on any atom is -0.378 e. The van der Waals surface area contributed by atoms with Crippen LogP contribution in [0.2, 0.25) is 0 Å². The Hall–Kier alpha value is -0.810. The molecule has 2 N–H and O–H groups in total. The first-order valence-electron chi connectivity index (χ1n) is 8.77. The second-order valence-corrected chi connectivity index (χ2v) is 6.65. The molecule has 1 fully saturated rings. The molecule has 0 aromatic carbocycles. The Morgan fingerprint density at radius 1 is 1.27 bits per heavy atom. The molecule has 0 radical (unpaired) electrons. The van der Waals surface area contributed by atoms with E-state index in [9.17, 15) is 0 Å². The number of aliphatic imine (C=N–C) groups is 1. The smallest absolute Gasteiger partial charge is 0.191 e. The predicted molar refractivity (Wildman–Crippen MR) is 94.5 cm³/mol. The molecule has 1 aliphatic rings. The highest BCUT2D eigenvalue weighted by Crippen LogP contribution is 2.26. The highest BCUT2D eigenvalue weighted by Gasteiger charge is 2.28. The summed E-state index contributed by atoms with van der Waals surface area (Å²) in [4.78, 5) is 6.77. The van der Waals surface area contributed by atoms with Crippen molar-refractivity contribution < 1.29 is 4.74 Å². The van der Waals surface area contributed by atoms with Crippen molar-refractivity contribution in [2.24, 2.45) is 10.9 Å². The second-order valence-electron chi connectivity index (χ2n) is 6.65. The molecule has 2 unspecified atom stereocenters. The summed E-state index contributed by atoms with van der Waals surface area (Å²) in [7, 11) is 4.04. The van der Waals surface area contributed by atoms with Crippen LogP contribution in [0.1, 0.15) is 47.0 Å². The van der Waals surface area contributed by atoms with Crippen molar-refractivity contribution in [2.45, 2.75) is 65.1 Å². The minimum atomic E-state index is 0.315. The highest BCUT2D eigenvalue weighted by molar-refractivity contribution is 5.79. The van der Waals surface area contributed by atoms with Crippen LogP contribution >= 0.6 is 0 Å². The van der Waals surface area contributed by atoms with E-state index in [2.05, 4.69) is 55.3 Å². The standard InChI is InChI=1S/C17H36N4O/c1-7-22-16(13(2)3)10-11-19-17(18-5)20-12-14(4)21(6)15-8-9-15/h13-16H,7-12H2,1-6H3,(H2,18,19,20). The molecule has 0 aromatic rings. The maximum Gasteiger partial charge on any atom is 0.191 e. The average molecular weight is 313 g/mol. The normalized spacial score (nSPS) is 18.6. The number of guanidine groups is 1. The Balaban J connectivity index is 2.24. The predicted octanol–water partition coefficient (Wildman–Crippen LogP) is 2.09. The first kappa shape index (κ1) is 19.2. The molecular weight excluding hydrogens is 276 g/mol. The molecule has 1 aliphatic carbocycles. The lowest BCUT2D eigenvalue weighted by Crippen LogP contribution is -2.46. The van der Waals surface area contributed by atoms with Crippen LogP contribution in [-0.4, -0.2) is 62.8 Å². The summed E-state index contributed by atoms with van der Waals surface area (Å²) < 4.78 is 5.77. The summed E-state index contributed by atoms with van der Waals surface area (Å²) in [5, 5.41) is 6.82. The van der Waals surface area contributed by atoms with Crippen LogP contribution in [0.5, 0.6) is 0 Å². The van der Waals surface area contributed by atoms with Gasteiger partial charge in [0.15, 0.2) is 5.96 Å². The van der Waals surface area contributed by atoms with Crippen molar-refractivity contribution in [3.8, 4) is 0 Å². The van der Waals surface area contributed by atoms with Crippen LogP contribution in [-0.2, 0) is 4.74 Å². The van der Waals surface area contributed by atoms with Gasteiger partial charge in [0.2, 0.25) is 0 Å². The summed E-state index contributed by atoms with van der Waals surface area (Å²) in [6.07, 6.45) is 4.02. The van der Waals surface area contributed by atoms with E-state index in [0.717, 1.165) is 38.1 Å². The van der Waals surface area contributed by atoms with E-state index in [1.807, 2.05) is 7.05 Å². The fourth-order valence-electron chi connectivity index (χ4n) is 2.61. The maximum absolute atomic E-state index is 5.77. The maximum atomic E-state index is 5.77. The van der Waals surface area contributed by atoms with Gasteiger partial charge in [-0.05, 0) is 46.1 Å². The van der Waals surface area contributed by atoms with Crippen LogP contribution in [0.15, 0.2) is 4.99 Å².